The van der Waals surface area contributed by atoms with E-state index >= 15 is 0 Å². The minimum atomic E-state index is -0.274. The van der Waals surface area contributed by atoms with Crippen molar-refractivity contribution in [3.8, 4) is 17.0 Å². The first-order valence-electron chi connectivity index (χ1n) is 10.0. The van der Waals surface area contributed by atoms with Gasteiger partial charge in [-0.1, -0.05) is 24.3 Å². The number of benzene rings is 2. The van der Waals surface area contributed by atoms with Gasteiger partial charge in [-0.3, -0.25) is 9.59 Å². The van der Waals surface area contributed by atoms with Gasteiger partial charge in [0, 0.05) is 35.3 Å². The third-order valence-electron chi connectivity index (χ3n) is 4.85. The van der Waals surface area contributed by atoms with Crippen LogP contribution in [-0.4, -0.2) is 49.6 Å². The van der Waals surface area contributed by atoms with Gasteiger partial charge in [0.05, 0.1) is 18.9 Å². The van der Waals surface area contributed by atoms with Crippen LogP contribution >= 0.6 is 11.3 Å². The Hall–Kier alpha value is -3.23. The Kier molecular flexibility index (Phi) is 6.59. The zero-order valence-corrected chi connectivity index (χ0v) is 18.0. The van der Waals surface area contributed by atoms with E-state index < -0.39 is 0 Å². The van der Waals surface area contributed by atoms with Crippen LogP contribution in [-0.2, 0) is 9.53 Å². The first kappa shape index (κ1) is 21.0. The van der Waals surface area contributed by atoms with E-state index in [0.717, 1.165) is 42.7 Å². The molecule has 1 fully saturated rings. The van der Waals surface area contributed by atoms with Crippen molar-refractivity contribution in [3.63, 3.8) is 0 Å². The summed E-state index contributed by atoms with van der Waals surface area (Å²) in [5.74, 6) is 0.161. The Balaban J connectivity index is 1.32. The van der Waals surface area contributed by atoms with E-state index in [0.29, 0.717) is 17.0 Å². The highest BCUT2D eigenvalue weighted by atomic mass is 32.1. The fraction of sp³-hybridized carbons (Fsp3) is 0.261. The first-order chi connectivity index (χ1) is 15.1. The number of morpholine rings is 1. The predicted molar refractivity (Wildman–Crippen MR) is 121 cm³/mol. The maximum Gasteiger partial charge on any atom is 0.262 e. The number of ketones is 1. The smallest absolute Gasteiger partial charge is 0.262 e. The van der Waals surface area contributed by atoms with Gasteiger partial charge in [-0.2, -0.15) is 0 Å². The molecule has 8 heteroatoms. The summed E-state index contributed by atoms with van der Waals surface area (Å²) in [5, 5.41) is 5.86. The molecule has 2 heterocycles. The number of thiazole rings is 1. The normalized spacial score (nSPS) is 13.6. The molecule has 1 amide bonds. The number of amides is 1. The molecule has 7 nitrogen and oxygen atoms in total. The molecular formula is C23H23N3O4S. The van der Waals surface area contributed by atoms with Crippen LogP contribution in [0.2, 0.25) is 0 Å². The molecule has 4 rings (SSSR count). The van der Waals surface area contributed by atoms with Crippen molar-refractivity contribution in [3.05, 3.63) is 59.5 Å². The van der Waals surface area contributed by atoms with Crippen molar-refractivity contribution < 1.29 is 19.1 Å². The number of nitrogens with one attached hydrogen (secondary N) is 1. The molecule has 0 saturated carbocycles. The van der Waals surface area contributed by atoms with Crippen molar-refractivity contribution >= 4 is 33.8 Å². The van der Waals surface area contributed by atoms with Crippen LogP contribution in [0.4, 0.5) is 10.8 Å². The summed E-state index contributed by atoms with van der Waals surface area (Å²) in [6, 6.07) is 14.3. The Morgan fingerprint density at radius 1 is 1.16 bits per heavy atom. The zero-order valence-electron chi connectivity index (χ0n) is 17.2. The molecule has 31 heavy (non-hydrogen) atoms. The summed E-state index contributed by atoms with van der Waals surface area (Å²) in [4.78, 5) is 30.6. The maximum atomic E-state index is 12.2. The molecular weight excluding hydrogens is 414 g/mol. The quantitative estimate of drug-likeness (QED) is 0.565. The van der Waals surface area contributed by atoms with Gasteiger partial charge in [-0.15, -0.1) is 11.3 Å². The molecule has 1 aliphatic heterocycles. The Labute approximate surface area is 184 Å². The number of Topliss-reactive ketones (excluding diaryl/α,β-unsaturated/α-hetero) is 1. The van der Waals surface area contributed by atoms with Gasteiger partial charge < -0.3 is 19.7 Å². The van der Waals surface area contributed by atoms with Crippen molar-refractivity contribution in [1.82, 2.24) is 4.98 Å². The second kappa shape index (κ2) is 9.72. The molecule has 0 spiro atoms. The lowest BCUT2D eigenvalue weighted by Crippen LogP contribution is -2.36. The summed E-state index contributed by atoms with van der Waals surface area (Å²) < 4.78 is 10.9. The molecule has 1 aromatic heterocycles. The number of carbonyl (C=O) groups excluding carboxylic acids is 2. The highest BCUT2D eigenvalue weighted by molar-refractivity contribution is 7.14. The predicted octanol–water partition coefficient (Wildman–Crippen LogP) is 3.87. The summed E-state index contributed by atoms with van der Waals surface area (Å²) in [6.45, 7) is 4.53. The minimum absolute atomic E-state index is 0.0489. The molecule has 0 atom stereocenters. The van der Waals surface area contributed by atoms with Crippen molar-refractivity contribution in [2.24, 2.45) is 0 Å². The lowest BCUT2D eigenvalue weighted by Gasteiger charge is -2.26. The number of nitrogens with zero attached hydrogens (tertiary/aromatic N) is 2. The molecule has 0 radical (unpaired) electrons. The molecule has 1 saturated heterocycles. The lowest BCUT2D eigenvalue weighted by molar-refractivity contribution is -0.118. The van der Waals surface area contributed by atoms with Crippen LogP contribution in [0.15, 0.2) is 53.9 Å². The van der Waals surface area contributed by atoms with Crippen molar-refractivity contribution in [1.29, 1.82) is 0 Å². The average Bonchev–Trinajstić information content (AvgIpc) is 3.29. The monoisotopic (exact) mass is 437 g/mol. The Morgan fingerprint density at radius 3 is 2.68 bits per heavy atom. The molecule has 0 unspecified atom stereocenters. The van der Waals surface area contributed by atoms with Gasteiger partial charge in [0.15, 0.2) is 17.5 Å². The number of anilines is 2. The van der Waals surface area contributed by atoms with E-state index in [1.54, 1.807) is 35.6 Å². The average molecular weight is 438 g/mol. The van der Waals surface area contributed by atoms with Gasteiger partial charge in [-0.05, 0) is 31.2 Å². The minimum Gasteiger partial charge on any atom is -0.484 e. The van der Waals surface area contributed by atoms with E-state index in [4.69, 9.17) is 14.5 Å². The highest BCUT2D eigenvalue weighted by Gasteiger charge is 2.15. The van der Waals surface area contributed by atoms with Crippen LogP contribution in [0.25, 0.3) is 11.3 Å². The van der Waals surface area contributed by atoms with E-state index in [1.807, 2.05) is 29.6 Å². The number of hydrogen-bond acceptors (Lipinski definition) is 7. The standard InChI is InChI=1S/C23H23N3O4S/c1-16(27)18-3-2-4-20(13-18)30-14-22(28)24-19-7-5-17(6-8-19)21-15-31-23(25-21)26-9-11-29-12-10-26/h2-8,13,15H,9-12,14H2,1H3,(H,24,28). The largest absolute Gasteiger partial charge is 0.484 e. The van der Waals surface area contributed by atoms with Gasteiger partial charge in [0.2, 0.25) is 0 Å². The van der Waals surface area contributed by atoms with Crippen LogP contribution in [0, 0.1) is 0 Å². The lowest BCUT2D eigenvalue weighted by atomic mass is 10.1. The second-order valence-electron chi connectivity index (χ2n) is 7.11. The van der Waals surface area contributed by atoms with Crippen LogP contribution in [0.3, 0.4) is 0 Å². The van der Waals surface area contributed by atoms with E-state index in [-0.39, 0.29) is 18.3 Å². The molecule has 0 bridgehead atoms. The highest BCUT2D eigenvalue weighted by Crippen LogP contribution is 2.28. The number of hydrogen-bond donors (Lipinski definition) is 1. The number of aromatic nitrogens is 1. The fourth-order valence-electron chi connectivity index (χ4n) is 3.17. The topological polar surface area (TPSA) is 80.8 Å². The first-order valence-corrected chi connectivity index (χ1v) is 10.9. The fourth-order valence-corrected chi connectivity index (χ4v) is 4.06. The van der Waals surface area contributed by atoms with Gasteiger partial charge >= 0.3 is 0 Å². The Bertz CT molecular complexity index is 1060. The van der Waals surface area contributed by atoms with Gasteiger partial charge in [0.25, 0.3) is 5.91 Å². The molecule has 160 valence electrons. The molecule has 1 aliphatic rings. The van der Waals surface area contributed by atoms with Crippen LogP contribution in [0.5, 0.6) is 5.75 Å². The maximum absolute atomic E-state index is 12.2. The third kappa shape index (κ3) is 5.48. The van der Waals surface area contributed by atoms with Gasteiger partial charge in [-0.25, -0.2) is 4.98 Å². The molecule has 2 aromatic carbocycles. The summed E-state index contributed by atoms with van der Waals surface area (Å²) >= 11 is 1.62. The SMILES string of the molecule is CC(=O)c1cccc(OCC(=O)Nc2ccc(-c3csc(N4CCOCC4)n3)cc2)c1. The summed E-state index contributed by atoms with van der Waals surface area (Å²) in [5.41, 5.74) is 3.13. The van der Waals surface area contributed by atoms with Crippen molar-refractivity contribution in [2.45, 2.75) is 6.92 Å². The second-order valence-corrected chi connectivity index (χ2v) is 7.95. The van der Waals surface area contributed by atoms with Crippen LogP contribution in [0.1, 0.15) is 17.3 Å². The summed E-state index contributed by atoms with van der Waals surface area (Å²) in [7, 11) is 0. The number of carbonyl (C=O) groups is 2. The number of rotatable bonds is 7. The zero-order chi connectivity index (χ0) is 21.6. The number of ether oxygens (including phenoxy) is 2. The van der Waals surface area contributed by atoms with Crippen LogP contribution < -0.4 is 15.0 Å². The third-order valence-corrected chi connectivity index (χ3v) is 5.75. The van der Waals surface area contributed by atoms with Crippen molar-refractivity contribution in [2.75, 3.05) is 43.1 Å². The molecule has 1 N–H and O–H groups in total. The summed E-state index contributed by atoms with van der Waals surface area (Å²) in [6.07, 6.45) is 0. The molecule has 3 aromatic rings. The van der Waals surface area contributed by atoms with Gasteiger partial charge in [0.1, 0.15) is 5.75 Å². The Morgan fingerprint density at radius 2 is 1.94 bits per heavy atom. The van der Waals surface area contributed by atoms with E-state index in [9.17, 15) is 9.59 Å². The van der Waals surface area contributed by atoms with E-state index in [1.165, 1.54) is 6.92 Å². The van der Waals surface area contributed by atoms with E-state index in [2.05, 4.69) is 10.2 Å². The molecule has 0 aliphatic carbocycles.